The Bertz CT molecular complexity index is 144. The predicted octanol–water partition coefficient (Wildman–Crippen LogP) is 3.61. The van der Waals surface area contributed by atoms with E-state index in [1.807, 2.05) is 0 Å². The first-order valence-corrected chi connectivity index (χ1v) is 6.35. The molecule has 84 valence electrons. The second-order valence-electron chi connectivity index (χ2n) is 5.21. The summed E-state index contributed by atoms with van der Waals surface area (Å²) in [4.78, 5) is 0. The molecule has 1 nitrogen and oxygen atoms in total. The molecule has 3 atom stereocenters. The van der Waals surface area contributed by atoms with E-state index >= 15 is 0 Å². The summed E-state index contributed by atoms with van der Waals surface area (Å²) in [5.74, 6) is 2.87. The van der Waals surface area contributed by atoms with E-state index in [9.17, 15) is 0 Å². The van der Waals surface area contributed by atoms with Crippen LogP contribution in [0.5, 0.6) is 0 Å². The Balaban J connectivity index is 2.07. The molecule has 0 bridgehead atoms. The van der Waals surface area contributed by atoms with Gasteiger partial charge in [0.2, 0.25) is 0 Å². The topological polar surface area (TPSA) is 20.2 Å². The quantitative estimate of drug-likeness (QED) is 0.669. The highest BCUT2D eigenvalue weighted by Gasteiger charge is 2.23. The average Bonchev–Trinajstić information content (AvgIpc) is 2.18. The largest absolute Gasteiger partial charge is 0.396 e. The highest BCUT2D eigenvalue weighted by Crippen LogP contribution is 2.35. The molecule has 1 aliphatic carbocycles. The van der Waals surface area contributed by atoms with Crippen LogP contribution in [-0.4, -0.2) is 11.7 Å². The summed E-state index contributed by atoms with van der Waals surface area (Å²) < 4.78 is 0. The molecular weight excluding hydrogens is 172 g/mol. The van der Waals surface area contributed by atoms with E-state index in [2.05, 4.69) is 13.8 Å². The van der Waals surface area contributed by atoms with Gasteiger partial charge in [-0.15, -0.1) is 0 Å². The van der Waals surface area contributed by atoms with E-state index in [-0.39, 0.29) is 0 Å². The SMILES string of the molecule is CC1CCC(CCCCCO)CC1C. The number of aliphatic hydroxyl groups excluding tert-OH is 1. The standard InChI is InChI=1S/C13H26O/c1-11-7-8-13(10-12(11)2)6-4-3-5-9-14/h11-14H,3-10H2,1-2H3. The second kappa shape index (κ2) is 6.44. The molecule has 0 aromatic rings. The summed E-state index contributed by atoms with van der Waals surface area (Å²) in [6, 6.07) is 0. The van der Waals surface area contributed by atoms with Crippen molar-refractivity contribution >= 4 is 0 Å². The third kappa shape index (κ3) is 4.00. The Morgan fingerprint density at radius 1 is 1.00 bits per heavy atom. The van der Waals surface area contributed by atoms with Crippen LogP contribution >= 0.6 is 0 Å². The van der Waals surface area contributed by atoms with Crippen molar-refractivity contribution in [2.45, 2.75) is 58.8 Å². The van der Waals surface area contributed by atoms with E-state index in [1.54, 1.807) is 0 Å². The maximum atomic E-state index is 8.68. The molecule has 0 aromatic carbocycles. The lowest BCUT2D eigenvalue weighted by Crippen LogP contribution is -2.20. The monoisotopic (exact) mass is 198 g/mol. The summed E-state index contributed by atoms with van der Waals surface area (Å²) in [6.45, 7) is 5.18. The zero-order valence-electron chi connectivity index (χ0n) is 9.84. The van der Waals surface area contributed by atoms with Crippen molar-refractivity contribution in [3.05, 3.63) is 0 Å². The van der Waals surface area contributed by atoms with Gasteiger partial charge < -0.3 is 5.11 Å². The van der Waals surface area contributed by atoms with Crippen LogP contribution in [-0.2, 0) is 0 Å². The normalized spacial score (nSPS) is 33.2. The van der Waals surface area contributed by atoms with Crippen LogP contribution in [0.2, 0.25) is 0 Å². The van der Waals surface area contributed by atoms with Gasteiger partial charge in [-0.25, -0.2) is 0 Å². The first-order valence-electron chi connectivity index (χ1n) is 6.35. The molecule has 0 aromatic heterocycles. The van der Waals surface area contributed by atoms with Crippen molar-refractivity contribution in [3.8, 4) is 0 Å². The fraction of sp³-hybridized carbons (Fsp3) is 1.00. The van der Waals surface area contributed by atoms with Crippen molar-refractivity contribution in [2.75, 3.05) is 6.61 Å². The molecule has 3 unspecified atom stereocenters. The van der Waals surface area contributed by atoms with Gasteiger partial charge in [0.15, 0.2) is 0 Å². The molecule has 1 heteroatoms. The molecule has 1 rings (SSSR count). The number of aliphatic hydroxyl groups is 1. The lowest BCUT2D eigenvalue weighted by atomic mass is 9.74. The van der Waals surface area contributed by atoms with Gasteiger partial charge in [-0.05, 0) is 30.6 Å². The maximum Gasteiger partial charge on any atom is 0.0431 e. The Kier molecular flexibility index (Phi) is 5.54. The number of hydrogen-bond acceptors (Lipinski definition) is 1. The van der Waals surface area contributed by atoms with Crippen LogP contribution < -0.4 is 0 Å². The summed E-state index contributed by atoms with van der Waals surface area (Å²) in [6.07, 6.45) is 9.27. The number of hydrogen-bond donors (Lipinski definition) is 1. The van der Waals surface area contributed by atoms with Gasteiger partial charge in [0.1, 0.15) is 0 Å². The van der Waals surface area contributed by atoms with E-state index in [4.69, 9.17) is 5.11 Å². The first-order chi connectivity index (χ1) is 6.74. The minimum absolute atomic E-state index is 0.373. The Morgan fingerprint density at radius 2 is 1.79 bits per heavy atom. The van der Waals surface area contributed by atoms with Crippen molar-refractivity contribution < 1.29 is 5.11 Å². The lowest BCUT2D eigenvalue weighted by Gasteiger charge is -2.32. The summed E-state index contributed by atoms with van der Waals surface area (Å²) >= 11 is 0. The van der Waals surface area contributed by atoms with Gasteiger partial charge in [-0.2, -0.15) is 0 Å². The third-order valence-electron chi connectivity index (χ3n) is 3.98. The van der Waals surface area contributed by atoms with E-state index in [1.165, 1.54) is 38.5 Å². The Labute approximate surface area is 88.9 Å². The van der Waals surface area contributed by atoms with E-state index in [0.717, 1.165) is 24.2 Å². The minimum Gasteiger partial charge on any atom is -0.396 e. The predicted molar refractivity (Wildman–Crippen MR) is 61.2 cm³/mol. The van der Waals surface area contributed by atoms with Gasteiger partial charge in [-0.3, -0.25) is 0 Å². The fourth-order valence-corrected chi connectivity index (χ4v) is 2.64. The molecule has 1 N–H and O–H groups in total. The van der Waals surface area contributed by atoms with Gasteiger partial charge in [0, 0.05) is 6.61 Å². The Hall–Kier alpha value is -0.0400. The van der Waals surface area contributed by atoms with E-state index in [0.29, 0.717) is 6.61 Å². The molecule has 0 saturated heterocycles. The van der Waals surface area contributed by atoms with Gasteiger partial charge in [0.05, 0.1) is 0 Å². The van der Waals surface area contributed by atoms with Crippen LogP contribution in [0.25, 0.3) is 0 Å². The van der Waals surface area contributed by atoms with Crippen molar-refractivity contribution in [1.29, 1.82) is 0 Å². The zero-order chi connectivity index (χ0) is 10.4. The van der Waals surface area contributed by atoms with Crippen LogP contribution in [0.3, 0.4) is 0 Å². The molecule has 0 spiro atoms. The second-order valence-corrected chi connectivity index (χ2v) is 5.21. The molecule has 14 heavy (non-hydrogen) atoms. The van der Waals surface area contributed by atoms with Crippen LogP contribution in [0.4, 0.5) is 0 Å². The summed E-state index contributed by atoms with van der Waals surface area (Å²) in [7, 11) is 0. The smallest absolute Gasteiger partial charge is 0.0431 e. The molecule has 0 amide bonds. The van der Waals surface area contributed by atoms with Crippen molar-refractivity contribution in [1.82, 2.24) is 0 Å². The molecule has 0 heterocycles. The van der Waals surface area contributed by atoms with E-state index < -0.39 is 0 Å². The summed E-state index contributed by atoms with van der Waals surface area (Å²) in [5.41, 5.74) is 0. The fourth-order valence-electron chi connectivity index (χ4n) is 2.64. The minimum atomic E-state index is 0.373. The zero-order valence-corrected chi connectivity index (χ0v) is 9.84. The molecule has 1 fully saturated rings. The van der Waals surface area contributed by atoms with Crippen molar-refractivity contribution in [2.24, 2.45) is 17.8 Å². The average molecular weight is 198 g/mol. The summed E-state index contributed by atoms with van der Waals surface area (Å²) in [5, 5.41) is 8.68. The van der Waals surface area contributed by atoms with Gasteiger partial charge >= 0.3 is 0 Å². The molecular formula is C13H26O. The maximum absolute atomic E-state index is 8.68. The van der Waals surface area contributed by atoms with Crippen molar-refractivity contribution in [3.63, 3.8) is 0 Å². The molecule has 1 aliphatic rings. The number of unbranched alkanes of at least 4 members (excludes halogenated alkanes) is 2. The van der Waals surface area contributed by atoms with Crippen LogP contribution in [0, 0.1) is 17.8 Å². The van der Waals surface area contributed by atoms with Gasteiger partial charge in [0.25, 0.3) is 0 Å². The highest BCUT2D eigenvalue weighted by molar-refractivity contribution is 4.75. The first kappa shape index (κ1) is 12.0. The lowest BCUT2D eigenvalue weighted by molar-refractivity contribution is 0.195. The highest BCUT2D eigenvalue weighted by atomic mass is 16.2. The van der Waals surface area contributed by atoms with Gasteiger partial charge in [-0.1, -0.05) is 46.0 Å². The van der Waals surface area contributed by atoms with Crippen LogP contribution in [0.1, 0.15) is 58.8 Å². The third-order valence-corrected chi connectivity index (χ3v) is 3.98. The molecule has 0 aliphatic heterocycles. The number of rotatable bonds is 5. The molecule has 1 saturated carbocycles. The molecule has 0 radical (unpaired) electrons. The Morgan fingerprint density at radius 3 is 2.43 bits per heavy atom. The van der Waals surface area contributed by atoms with Crippen LogP contribution in [0.15, 0.2) is 0 Å².